The minimum absolute atomic E-state index is 0.0475. The van der Waals surface area contributed by atoms with E-state index in [4.69, 9.17) is 14.2 Å². The van der Waals surface area contributed by atoms with Gasteiger partial charge in [-0.2, -0.15) is 0 Å². The van der Waals surface area contributed by atoms with Crippen molar-refractivity contribution in [2.24, 2.45) is 0 Å². The predicted octanol–water partition coefficient (Wildman–Crippen LogP) is 7.27. The Balaban J connectivity index is 1.27. The first-order valence-electron chi connectivity index (χ1n) is 15.6. The van der Waals surface area contributed by atoms with E-state index in [-0.39, 0.29) is 17.3 Å². The summed E-state index contributed by atoms with van der Waals surface area (Å²) >= 11 is 2.52. The summed E-state index contributed by atoms with van der Waals surface area (Å²) in [5, 5.41) is 21.0. The van der Waals surface area contributed by atoms with Gasteiger partial charge in [-0.15, -0.1) is 23.1 Å². The smallest absolute Gasteiger partial charge is 0.272 e. The zero-order chi connectivity index (χ0) is 37.2. The van der Waals surface area contributed by atoms with E-state index in [1.54, 1.807) is 91.2 Å². The minimum Gasteiger partial charge on any atom is -0.496 e. The molecule has 0 saturated carbocycles. The molecule has 4 aromatic carbocycles. The van der Waals surface area contributed by atoms with Crippen LogP contribution in [0.4, 0.5) is 16.5 Å². The van der Waals surface area contributed by atoms with Gasteiger partial charge in [0.25, 0.3) is 17.5 Å². The lowest BCUT2D eigenvalue weighted by molar-refractivity contribution is -0.384. The molecule has 5 rings (SSSR count). The monoisotopic (exact) mass is 739 g/mol. The summed E-state index contributed by atoms with van der Waals surface area (Å²) in [6, 6.07) is 24.8. The second kappa shape index (κ2) is 17.2. The zero-order valence-corrected chi connectivity index (χ0v) is 30.0. The molecule has 1 heterocycles. The highest BCUT2D eigenvalue weighted by molar-refractivity contribution is 8.00. The van der Waals surface area contributed by atoms with Crippen LogP contribution in [-0.4, -0.2) is 54.2 Å². The molecule has 0 aliphatic carbocycles. The van der Waals surface area contributed by atoms with Gasteiger partial charge in [0.1, 0.15) is 11.4 Å². The zero-order valence-electron chi connectivity index (χ0n) is 28.4. The van der Waals surface area contributed by atoms with Crippen molar-refractivity contribution in [1.82, 2.24) is 10.3 Å². The number of benzene rings is 4. The normalized spacial score (nSPS) is 11.6. The van der Waals surface area contributed by atoms with Crippen molar-refractivity contribution in [3.8, 4) is 28.5 Å². The van der Waals surface area contributed by atoms with Gasteiger partial charge in [-0.05, 0) is 55.5 Å². The third-order valence-corrected chi connectivity index (χ3v) is 9.32. The van der Waals surface area contributed by atoms with Crippen molar-refractivity contribution >= 4 is 63.4 Å². The fraction of sp³-hybridized carbons (Fsp3) is 0.135. The lowest BCUT2D eigenvalue weighted by atomic mass is 10.1. The molecule has 1 unspecified atom stereocenters. The predicted molar refractivity (Wildman–Crippen MR) is 201 cm³/mol. The number of hydrogen-bond acceptors (Lipinski definition) is 11. The molecule has 0 aliphatic rings. The number of nitro groups is 1. The molecular weight excluding hydrogens is 707 g/mol. The van der Waals surface area contributed by atoms with E-state index >= 15 is 0 Å². The van der Waals surface area contributed by atoms with Crippen LogP contribution in [0.1, 0.15) is 22.8 Å². The Hall–Kier alpha value is -6.19. The van der Waals surface area contributed by atoms with Crippen molar-refractivity contribution < 1.29 is 33.5 Å². The average molecular weight is 740 g/mol. The van der Waals surface area contributed by atoms with Crippen LogP contribution in [0.25, 0.3) is 17.3 Å². The number of thiazole rings is 1. The highest BCUT2D eigenvalue weighted by atomic mass is 32.2. The fourth-order valence-electron chi connectivity index (χ4n) is 4.79. The van der Waals surface area contributed by atoms with Crippen molar-refractivity contribution in [3.05, 3.63) is 123 Å². The van der Waals surface area contributed by atoms with Crippen molar-refractivity contribution in [2.75, 3.05) is 32.0 Å². The summed E-state index contributed by atoms with van der Waals surface area (Å²) in [7, 11) is 4.45. The summed E-state index contributed by atoms with van der Waals surface area (Å²) in [6.07, 6.45) is 1.48. The number of amides is 3. The Bertz CT molecular complexity index is 2120. The summed E-state index contributed by atoms with van der Waals surface area (Å²) in [4.78, 5) is 55.6. The molecule has 0 fully saturated rings. The topological polar surface area (TPSA) is 171 Å². The third kappa shape index (κ3) is 9.32. The van der Waals surface area contributed by atoms with Crippen molar-refractivity contribution in [3.63, 3.8) is 0 Å². The number of hydrogen-bond donors (Lipinski definition) is 3. The highest BCUT2D eigenvalue weighted by Crippen LogP contribution is 2.36. The second-order valence-electron chi connectivity index (χ2n) is 10.9. The molecule has 1 aromatic heterocycles. The van der Waals surface area contributed by atoms with Crippen LogP contribution in [0.15, 0.2) is 107 Å². The molecule has 0 saturated heterocycles. The van der Waals surface area contributed by atoms with Crippen LogP contribution < -0.4 is 30.2 Å². The minimum atomic E-state index is -0.595. The molecule has 3 amide bonds. The van der Waals surface area contributed by atoms with Gasteiger partial charge in [0.05, 0.1) is 37.2 Å². The largest absolute Gasteiger partial charge is 0.496 e. The van der Waals surface area contributed by atoms with Crippen molar-refractivity contribution in [1.29, 1.82) is 0 Å². The first-order chi connectivity index (χ1) is 25.1. The fourth-order valence-corrected chi connectivity index (χ4v) is 6.38. The van der Waals surface area contributed by atoms with Crippen LogP contribution in [-0.2, 0) is 9.59 Å². The number of nitrogens with one attached hydrogen (secondary N) is 3. The first kappa shape index (κ1) is 37.1. The molecule has 3 N–H and O–H groups in total. The lowest BCUT2D eigenvalue weighted by Crippen LogP contribution is -2.30. The van der Waals surface area contributed by atoms with E-state index in [0.29, 0.717) is 50.5 Å². The highest BCUT2D eigenvalue weighted by Gasteiger charge is 2.20. The molecule has 0 aliphatic heterocycles. The number of non-ortho nitro benzene ring substituents is 1. The van der Waals surface area contributed by atoms with Gasteiger partial charge in [0.15, 0.2) is 16.6 Å². The quantitative estimate of drug-likeness (QED) is 0.0455. The van der Waals surface area contributed by atoms with Crippen molar-refractivity contribution in [2.45, 2.75) is 17.1 Å². The molecule has 13 nitrogen and oxygen atoms in total. The van der Waals surface area contributed by atoms with Gasteiger partial charge in [-0.25, -0.2) is 4.98 Å². The Morgan fingerprint density at radius 3 is 2.23 bits per heavy atom. The average Bonchev–Trinajstić information content (AvgIpc) is 3.63. The number of nitro benzene ring substituents is 1. The molecule has 266 valence electrons. The number of rotatable bonds is 14. The van der Waals surface area contributed by atoms with E-state index in [1.807, 2.05) is 0 Å². The SMILES string of the molecule is COc1cc(OC)c(OC)cc1/C=C(\NC(=O)c1ccccc1)C(=O)Nc1ccc(SC(C)C(=O)Nc2nc(-c3cccc([N+](=O)[O-])c3)cs2)cc1. The Kier molecular flexibility index (Phi) is 12.2. The van der Waals surface area contributed by atoms with Gasteiger partial charge in [0, 0.05) is 50.9 Å². The van der Waals surface area contributed by atoms with Crippen LogP contribution in [0, 0.1) is 10.1 Å². The van der Waals surface area contributed by atoms with E-state index in [2.05, 4.69) is 20.9 Å². The summed E-state index contributed by atoms with van der Waals surface area (Å²) < 4.78 is 16.3. The summed E-state index contributed by atoms with van der Waals surface area (Å²) in [6.45, 7) is 1.75. The maximum absolute atomic E-state index is 13.6. The lowest BCUT2D eigenvalue weighted by Gasteiger charge is -2.15. The van der Waals surface area contributed by atoms with Gasteiger partial charge in [-0.3, -0.25) is 24.5 Å². The van der Waals surface area contributed by atoms with Gasteiger partial charge < -0.3 is 30.2 Å². The number of carbonyl (C=O) groups is 3. The molecule has 1 atom stereocenters. The van der Waals surface area contributed by atoms with Gasteiger partial charge in [-0.1, -0.05) is 30.3 Å². The van der Waals surface area contributed by atoms with E-state index in [0.717, 1.165) is 4.90 Å². The maximum Gasteiger partial charge on any atom is 0.272 e. The number of methoxy groups -OCH3 is 3. The molecular formula is C37H33N5O8S2. The van der Waals surface area contributed by atoms with Crippen LogP contribution in [0.2, 0.25) is 0 Å². The molecule has 15 heteroatoms. The molecule has 5 aromatic rings. The Morgan fingerprint density at radius 1 is 0.865 bits per heavy atom. The van der Waals surface area contributed by atoms with Crippen LogP contribution in [0.5, 0.6) is 17.2 Å². The second-order valence-corrected chi connectivity index (χ2v) is 13.2. The third-order valence-electron chi connectivity index (χ3n) is 7.45. The molecule has 0 bridgehead atoms. The number of anilines is 2. The molecule has 52 heavy (non-hydrogen) atoms. The number of thioether (sulfide) groups is 1. The Labute approximate surface area is 307 Å². The Morgan fingerprint density at radius 2 is 1.56 bits per heavy atom. The standard InChI is InChI=1S/C37H33N5O8S2/c1-22(34(43)41-37-40-30(21-51-37)24-11-8-12-27(17-24)42(46)47)52-28-15-13-26(14-16-28)38-36(45)29(39-35(44)23-9-6-5-7-10-23)18-25-19-32(49-3)33(50-4)20-31(25)48-2/h5-22H,1-4H3,(H,38,45)(H,39,44)(H,40,41,43)/b29-18-. The van der Waals surface area contributed by atoms with E-state index in [1.165, 1.54) is 62.6 Å². The van der Waals surface area contributed by atoms with Crippen LogP contribution in [0.3, 0.4) is 0 Å². The van der Waals surface area contributed by atoms with E-state index < -0.39 is 22.0 Å². The van der Waals surface area contributed by atoms with Crippen LogP contribution >= 0.6 is 23.1 Å². The maximum atomic E-state index is 13.6. The summed E-state index contributed by atoms with van der Waals surface area (Å²) in [5.41, 5.74) is 2.24. The molecule has 0 radical (unpaired) electrons. The number of aromatic nitrogens is 1. The van der Waals surface area contributed by atoms with E-state index in [9.17, 15) is 24.5 Å². The summed E-state index contributed by atoms with van der Waals surface area (Å²) in [5.74, 6) is -0.153. The van der Waals surface area contributed by atoms with Gasteiger partial charge in [0.2, 0.25) is 5.91 Å². The first-order valence-corrected chi connectivity index (χ1v) is 17.3. The number of nitrogens with zero attached hydrogens (tertiary/aromatic N) is 2. The molecule has 0 spiro atoms. The number of ether oxygens (including phenoxy) is 3. The van der Waals surface area contributed by atoms with Gasteiger partial charge >= 0.3 is 0 Å². The number of carbonyl (C=O) groups excluding carboxylic acids is 3.